The minimum Gasteiger partial charge on any atom is -0.455 e. The highest BCUT2D eigenvalue weighted by molar-refractivity contribution is 6.23. The molecule has 3 heteroatoms. The average Bonchev–Trinajstić information content (AvgIpc) is 3.78. The second kappa shape index (κ2) is 12.3. The van der Waals surface area contributed by atoms with Crippen molar-refractivity contribution < 1.29 is 4.42 Å². The third-order valence-electron chi connectivity index (χ3n) is 12.6. The Hall–Kier alpha value is -7.36. The SMILES string of the molecule is CC1(C)c2cc(-c3cccc(-c4ccc(-c5cccc6c5oc5ccccc56)cc4)c3)ccc2-c2ccc(-c3ccc4c5ccccc5c5nccnc5c4c3)cc21. The number of hydrogen-bond acceptors (Lipinski definition) is 3. The van der Waals surface area contributed by atoms with E-state index in [4.69, 9.17) is 14.4 Å². The van der Waals surface area contributed by atoms with Gasteiger partial charge in [-0.15, -0.1) is 0 Å². The molecule has 0 bridgehead atoms. The quantitative estimate of drug-likeness (QED) is 0.169. The second-order valence-corrected chi connectivity index (χ2v) is 16.1. The number of benzene rings is 9. The molecule has 1 aliphatic carbocycles. The van der Waals surface area contributed by atoms with Gasteiger partial charge in [0.05, 0.1) is 11.0 Å². The third-order valence-corrected chi connectivity index (χ3v) is 12.6. The first-order chi connectivity index (χ1) is 28.5. The molecule has 12 rings (SSSR count). The Morgan fingerprint density at radius 1 is 0.362 bits per heavy atom. The van der Waals surface area contributed by atoms with Gasteiger partial charge in [0.25, 0.3) is 0 Å². The summed E-state index contributed by atoms with van der Waals surface area (Å²) in [4.78, 5) is 9.58. The van der Waals surface area contributed by atoms with Crippen molar-refractivity contribution in [2.75, 3.05) is 0 Å². The molecule has 272 valence electrons. The van der Waals surface area contributed by atoms with Gasteiger partial charge < -0.3 is 4.42 Å². The number of furan rings is 1. The fraction of sp³-hybridized carbons (Fsp3) is 0.0545. The molecule has 0 atom stereocenters. The minimum atomic E-state index is -0.169. The molecule has 0 amide bonds. The maximum atomic E-state index is 6.35. The van der Waals surface area contributed by atoms with Crippen molar-refractivity contribution >= 4 is 54.5 Å². The molecular weight excluding hydrogens is 705 g/mol. The van der Waals surface area contributed by atoms with Crippen LogP contribution in [0.5, 0.6) is 0 Å². The molecule has 3 nitrogen and oxygen atoms in total. The summed E-state index contributed by atoms with van der Waals surface area (Å²) in [7, 11) is 0. The van der Waals surface area contributed by atoms with Gasteiger partial charge in [-0.2, -0.15) is 0 Å². The molecule has 0 radical (unpaired) electrons. The van der Waals surface area contributed by atoms with E-state index in [-0.39, 0.29) is 5.41 Å². The summed E-state index contributed by atoms with van der Waals surface area (Å²) >= 11 is 0. The standard InChI is InChI=1S/C55H36N2O/c1-55(2)49-31-38(36-10-7-9-35(29-36)33-17-19-34(20-18-33)40-14-8-15-47-45-12-5-6-16-51(45)58-54(40)47)22-25-43(49)44-26-23-39(32-50(44)55)37-21-24-42-41-11-3-4-13-46(41)52-53(48(42)30-37)57-28-27-56-52/h3-32H,1-2H3. The number of nitrogens with zero attached hydrogens (tertiary/aromatic N) is 2. The molecule has 1 aliphatic rings. The van der Waals surface area contributed by atoms with Crippen molar-refractivity contribution in [1.82, 2.24) is 9.97 Å². The topological polar surface area (TPSA) is 38.9 Å². The van der Waals surface area contributed by atoms with Gasteiger partial charge in [-0.3, -0.25) is 9.97 Å². The van der Waals surface area contributed by atoms with E-state index in [1.165, 1.54) is 66.4 Å². The summed E-state index contributed by atoms with van der Waals surface area (Å²) in [6, 6.07) is 61.8. The maximum Gasteiger partial charge on any atom is 0.143 e. The summed E-state index contributed by atoms with van der Waals surface area (Å²) in [5.74, 6) is 0. The molecule has 2 heterocycles. The lowest BCUT2D eigenvalue weighted by atomic mass is 9.80. The Morgan fingerprint density at radius 3 is 1.62 bits per heavy atom. The molecule has 11 aromatic rings. The molecular formula is C55H36N2O. The lowest BCUT2D eigenvalue weighted by Crippen LogP contribution is -2.15. The minimum absolute atomic E-state index is 0.169. The highest BCUT2D eigenvalue weighted by atomic mass is 16.3. The molecule has 9 aromatic carbocycles. The predicted octanol–water partition coefficient (Wildman–Crippen LogP) is 14.8. The first-order valence-electron chi connectivity index (χ1n) is 20.0. The highest BCUT2D eigenvalue weighted by Crippen LogP contribution is 2.51. The largest absolute Gasteiger partial charge is 0.455 e. The van der Waals surface area contributed by atoms with E-state index >= 15 is 0 Å². The van der Waals surface area contributed by atoms with Crippen molar-refractivity contribution in [2.24, 2.45) is 0 Å². The number of rotatable bonds is 4. The highest BCUT2D eigenvalue weighted by Gasteiger charge is 2.36. The van der Waals surface area contributed by atoms with E-state index < -0.39 is 0 Å². The Balaban J connectivity index is 0.872. The second-order valence-electron chi connectivity index (χ2n) is 16.1. The Labute approximate surface area is 335 Å². The van der Waals surface area contributed by atoms with Crippen LogP contribution >= 0.6 is 0 Å². The molecule has 58 heavy (non-hydrogen) atoms. The summed E-state index contributed by atoms with van der Waals surface area (Å²) in [6.07, 6.45) is 3.59. The summed E-state index contributed by atoms with van der Waals surface area (Å²) in [6.45, 7) is 4.73. The van der Waals surface area contributed by atoms with Gasteiger partial charge in [0.2, 0.25) is 0 Å². The molecule has 0 saturated heterocycles. The van der Waals surface area contributed by atoms with Crippen molar-refractivity contribution in [3.8, 4) is 55.6 Å². The van der Waals surface area contributed by atoms with Gasteiger partial charge in [0.1, 0.15) is 11.2 Å². The van der Waals surface area contributed by atoms with E-state index in [0.29, 0.717) is 0 Å². The summed E-state index contributed by atoms with van der Waals surface area (Å²) < 4.78 is 6.35. The van der Waals surface area contributed by atoms with Crippen LogP contribution in [-0.2, 0) is 5.41 Å². The Kier molecular flexibility index (Phi) is 6.98. The maximum absolute atomic E-state index is 6.35. The predicted molar refractivity (Wildman–Crippen MR) is 241 cm³/mol. The molecule has 2 aromatic heterocycles. The normalized spacial score (nSPS) is 13.1. The van der Waals surface area contributed by atoms with Gasteiger partial charge in [0.15, 0.2) is 0 Å². The van der Waals surface area contributed by atoms with E-state index in [0.717, 1.165) is 54.9 Å². The van der Waals surface area contributed by atoms with Crippen LogP contribution in [0.4, 0.5) is 0 Å². The molecule has 0 fully saturated rings. The number of fused-ring (bicyclic) bond motifs is 12. The number of hydrogen-bond donors (Lipinski definition) is 0. The third kappa shape index (κ3) is 4.86. The first kappa shape index (κ1) is 32.8. The Bertz CT molecular complexity index is 3450. The van der Waals surface area contributed by atoms with Crippen LogP contribution in [0.25, 0.3) is 110 Å². The van der Waals surface area contributed by atoms with Crippen molar-refractivity contribution in [3.05, 3.63) is 193 Å². The summed E-state index contributed by atoms with van der Waals surface area (Å²) in [5, 5.41) is 6.97. The van der Waals surface area contributed by atoms with Gasteiger partial charge in [-0.05, 0) is 102 Å². The van der Waals surface area contributed by atoms with Gasteiger partial charge in [-0.25, -0.2) is 0 Å². The smallest absolute Gasteiger partial charge is 0.143 e. The summed E-state index contributed by atoms with van der Waals surface area (Å²) in [5.41, 5.74) is 18.4. The van der Waals surface area contributed by atoms with Crippen molar-refractivity contribution in [2.45, 2.75) is 19.3 Å². The fourth-order valence-corrected chi connectivity index (χ4v) is 9.60. The van der Waals surface area contributed by atoms with E-state index in [1.807, 2.05) is 12.1 Å². The van der Waals surface area contributed by atoms with Crippen molar-refractivity contribution in [1.29, 1.82) is 0 Å². The Morgan fingerprint density at radius 2 is 0.879 bits per heavy atom. The molecule has 0 saturated carbocycles. The monoisotopic (exact) mass is 740 g/mol. The van der Waals surface area contributed by atoms with Crippen LogP contribution in [0, 0.1) is 0 Å². The fourth-order valence-electron chi connectivity index (χ4n) is 9.60. The van der Waals surface area contributed by atoms with Crippen LogP contribution in [0.1, 0.15) is 25.0 Å². The first-order valence-corrected chi connectivity index (χ1v) is 20.0. The van der Waals surface area contributed by atoms with Crippen LogP contribution in [0.2, 0.25) is 0 Å². The molecule has 0 aliphatic heterocycles. The molecule has 0 N–H and O–H groups in total. The van der Waals surface area contributed by atoms with Gasteiger partial charge in [-0.1, -0.05) is 153 Å². The van der Waals surface area contributed by atoms with Gasteiger partial charge in [0, 0.05) is 44.9 Å². The van der Waals surface area contributed by atoms with Crippen LogP contribution in [0.3, 0.4) is 0 Å². The van der Waals surface area contributed by atoms with E-state index in [2.05, 4.69) is 172 Å². The zero-order valence-electron chi connectivity index (χ0n) is 32.1. The average molecular weight is 741 g/mol. The van der Waals surface area contributed by atoms with Crippen molar-refractivity contribution in [3.63, 3.8) is 0 Å². The van der Waals surface area contributed by atoms with Crippen LogP contribution in [-0.4, -0.2) is 9.97 Å². The lowest BCUT2D eigenvalue weighted by Gasteiger charge is -2.23. The zero-order valence-corrected chi connectivity index (χ0v) is 32.1. The van der Waals surface area contributed by atoms with E-state index in [9.17, 15) is 0 Å². The van der Waals surface area contributed by atoms with E-state index in [1.54, 1.807) is 12.4 Å². The molecule has 0 spiro atoms. The molecule has 0 unspecified atom stereocenters. The number of para-hydroxylation sites is 2. The van der Waals surface area contributed by atoms with Gasteiger partial charge >= 0.3 is 0 Å². The number of aromatic nitrogens is 2. The van der Waals surface area contributed by atoms with Crippen LogP contribution < -0.4 is 0 Å². The zero-order chi connectivity index (χ0) is 38.5. The van der Waals surface area contributed by atoms with Crippen LogP contribution in [0.15, 0.2) is 187 Å². The lowest BCUT2D eigenvalue weighted by molar-refractivity contribution is 0.661.